The number of hydrogen-bond donors (Lipinski definition) is 2. The maximum absolute atomic E-state index is 11.9. The van der Waals surface area contributed by atoms with E-state index in [-0.39, 0.29) is 18.9 Å². The predicted molar refractivity (Wildman–Crippen MR) is 73.1 cm³/mol. The van der Waals surface area contributed by atoms with Crippen LogP contribution in [0.2, 0.25) is 0 Å². The molecule has 20 heavy (non-hydrogen) atoms. The number of carboxylic acid groups (broad SMARTS) is 1. The molecule has 0 fully saturated rings. The molecule has 0 aliphatic heterocycles. The van der Waals surface area contributed by atoms with E-state index >= 15 is 0 Å². The normalized spacial score (nSPS) is 11.4. The summed E-state index contributed by atoms with van der Waals surface area (Å²) in [4.78, 5) is 27.4. The van der Waals surface area contributed by atoms with Crippen LogP contribution in [0, 0.1) is 19.3 Å². The Bertz CT molecular complexity index is 470. The van der Waals surface area contributed by atoms with Gasteiger partial charge in [0.05, 0.1) is 17.7 Å². The van der Waals surface area contributed by atoms with Gasteiger partial charge >= 0.3 is 5.97 Å². The van der Waals surface area contributed by atoms with E-state index < -0.39 is 11.4 Å². The number of nitrogens with zero attached hydrogens (tertiary/aromatic N) is 1. The van der Waals surface area contributed by atoms with E-state index in [1.165, 1.54) is 0 Å². The Morgan fingerprint density at radius 1 is 1.30 bits per heavy atom. The summed E-state index contributed by atoms with van der Waals surface area (Å²) in [5, 5.41) is 11.9. The molecule has 0 aromatic carbocycles. The Kier molecular flexibility index (Phi) is 5.30. The van der Waals surface area contributed by atoms with Crippen molar-refractivity contribution in [1.29, 1.82) is 0 Å². The summed E-state index contributed by atoms with van der Waals surface area (Å²) in [5.41, 5.74) is -0.205. The minimum absolute atomic E-state index is 0.0337. The summed E-state index contributed by atoms with van der Waals surface area (Å²) in [5.74, 6) is -0.0800. The van der Waals surface area contributed by atoms with Crippen LogP contribution in [0.1, 0.15) is 50.5 Å². The van der Waals surface area contributed by atoms with E-state index in [0.717, 1.165) is 11.5 Å². The zero-order chi connectivity index (χ0) is 15.3. The van der Waals surface area contributed by atoms with Gasteiger partial charge in [0.25, 0.3) is 0 Å². The van der Waals surface area contributed by atoms with Gasteiger partial charge in [0, 0.05) is 6.42 Å². The fourth-order valence-electron chi connectivity index (χ4n) is 2.04. The van der Waals surface area contributed by atoms with Crippen LogP contribution in [0.3, 0.4) is 0 Å². The van der Waals surface area contributed by atoms with Gasteiger partial charge in [-0.2, -0.15) is 0 Å². The van der Waals surface area contributed by atoms with Crippen LogP contribution in [-0.4, -0.2) is 22.0 Å². The van der Waals surface area contributed by atoms with E-state index in [9.17, 15) is 14.7 Å². The second-order valence-electron chi connectivity index (χ2n) is 5.00. The molecule has 0 unspecified atom stereocenters. The number of hydrogen-bond acceptors (Lipinski definition) is 4. The van der Waals surface area contributed by atoms with Gasteiger partial charge in [-0.15, -0.1) is 0 Å². The van der Waals surface area contributed by atoms with Crippen LogP contribution < -0.4 is 5.32 Å². The van der Waals surface area contributed by atoms with E-state index in [1.807, 2.05) is 6.92 Å². The molecule has 1 heterocycles. The van der Waals surface area contributed by atoms with Crippen molar-refractivity contribution in [2.45, 2.75) is 53.5 Å². The highest BCUT2D eigenvalue weighted by atomic mass is 16.4. The van der Waals surface area contributed by atoms with Gasteiger partial charge in [0.1, 0.15) is 5.76 Å². The SMILES string of the molecule is CCC(CC)(CC(=O)NCc1nc(C)c(C)o1)C(=O)O. The Hall–Kier alpha value is -1.85. The molecule has 0 bridgehead atoms. The standard InChI is InChI=1S/C14H22N2O4/c1-5-14(6-2,13(18)19)7-11(17)15-8-12-16-9(3)10(4)20-12/h5-8H2,1-4H3,(H,15,17)(H,18,19). The van der Waals surface area contributed by atoms with Crippen molar-refractivity contribution in [2.75, 3.05) is 0 Å². The average Bonchev–Trinajstić information content (AvgIpc) is 2.72. The van der Waals surface area contributed by atoms with Gasteiger partial charge in [0.15, 0.2) is 0 Å². The molecule has 0 saturated heterocycles. The highest BCUT2D eigenvalue weighted by Crippen LogP contribution is 2.30. The molecule has 1 aromatic rings. The quantitative estimate of drug-likeness (QED) is 0.799. The Labute approximate surface area is 118 Å². The number of oxazole rings is 1. The van der Waals surface area contributed by atoms with Crippen LogP contribution in [0.5, 0.6) is 0 Å². The van der Waals surface area contributed by atoms with E-state index in [1.54, 1.807) is 20.8 Å². The van der Waals surface area contributed by atoms with Gasteiger partial charge in [-0.3, -0.25) is 9.59 Å². The second kappa shape index (κ2) is 6.54. The third-order valence-corrected chi connectivity index (χ3v) is 3.82. The maximum Gasteiger partial charge on any atom is 0.310 e. The topological polar surface area (TPSA) is 92.4 Å². The number of aliphatic carboxylic acids is 1. The third-order valence-electron chi connectivity index (χ3n) is 3.82. The van der Waals surface area contributed by atoms with E-state index in [2.05, 4.69) is 10.3 Å². The lowest BCUT2D eigenvalue weighted by atomic mass is 9.79. The smallest absolute Gasteiger partial charge is 0.310 e. The Morgan fingerprint density at radius 3 is 2.30 bits per heavy atom. The minimum Gasteiger partial charge on any atom is -0.481 e. The number of aryl methyl sites for hydroxylation is 2. The van der Waals surface area contributed by atoms with Crippen molar-refractivity contribution >= 4 is 11.9 Å². The number of amides is 1. The first kappa shape index (κ1) is 16.2. The molecular weight excluding hydrogens is 260 g/mol. The number of nitrogens with one attached hydrogen (secondary N) is 1. The monoisotopic (exact) mass is 282 g/mol. The molecule has 0 atom stereocenters. The lowest BCUT2D eigenvalue weighted by Gasteiger charge is -2.25. The number of carboxylic acids is 1. The first-order valence-corrected chi connectivity index (χ1v) is 6.77. The first-order chi connectivity index (χ1) is 9.34. The third kappa shape index (κ3) is 3.59. The van der Waals surface area contributed by atoms with Crippen molar-refractivity contribution in [2.24, 2.45) is 5.41 Å². The second-order valence-corrected chi connectivity index (χ2v) is 5.00. The number of rotatable bonds is 7. The molecule has 2 N–H and O–H groups in total. The van der Waals surface area contributed by atoms with Crippen LogP contribution in [0.25, 0.3) is 0 Å². The van der Waals surface area contributed by atoms with Crippen molar-refractivity contribution in [1.82, 2.24) is 10.3 Å². The van der Waals surface area contributed by atoms with Crippen LogP contribution >= 0.6 is 0 Å². The van der Waals surface area contributed by atoms with Gasteiger partial charge in [-0.1, -0.05) is 13.8 Å². The summed E-state index contributed by atoms with van der Waals surface area (Å²) in [6.07, 6.45) is 0.806. The van der Waals surface area contributed by atoms with Crippen molar-refractivity contribution in [3.8, 4) is 0 Å². The number of carbonyl (C=O) groups excluding carboxylic acids is 1. The summed E-state index contributed by atoms with van der Waals surface area (Å²) in [6.45, 7) is 7.37. The molecule has 112 valence electrons. The maximum atomic E-state index is 11.9. The minimum atomic E-state index is -0.994. The molecular formula is C14H22N2O4. The fourth-order valence-corrected chi connectivity index (χ4v) is 2.04. The predicted octanol–water partition coefficient (Wildman–Crippen LogP) is 2.19. The van der Waals surface area contributed by atoms with Crippen LogP contribution in [0.4, 0.5) is 0 Å². The summed E-state index contributed by atoms with van der Waals surface area (Å²) in [6, 6.07) is 0. The fraction of sp³-hybridized carbons (Fsp3) is 0.643. The van der Waals surface area contributed by atoms with Gasteiger partial charge in [-0.05, 0) is 26.7 Å². The summed E-state index contributed by atoms with van der Waals surface area (Å²) in [7, 11) is 0. The number of aromatic nitrogens is 1. The van der Waals surface area contributed by atoms with Gasteiger partial charge < -0.3 is 14.8 Å². The molecule has 6 heteroatoms. The Morgan fingerprint density at radius 2 is 1.90 bits per heavy atom. The molecule has 1 rings (SSSR count). The van der Waals surface area contributed by atoms with Crippen molar-refractivity contribution in [3.63, 3.8) is 0 Å². The molecule has 0 aliphatic rings. The van der Waals surface area contributed by atoms with Crippen molar-refractivity contribution < 1.29 is 19.1 Å². The Balaban J connectivity index is 2.61. The highest BCUT2D eigenvalue weighted by molar-refractivity contribution is 5.84. The molecule has 1 amide bonds. The zero-order valence-electron chi connectivity index (χ0n) is 12.4. The van der Waals surface area contributed by atoms with Crippen LogP contribution in [0.15, 0.2) is 4.42 Å². The molecule has 1 aromatic heterocycles. The van der Waals surface area contributed by atoms with Crippen LogP contribution in [-0.2, 0) is 16.1 Å². The molecule has 0 aliphatic carbocycles. The largest absolute Gasteiger partial charge is 0.481 e. The lowest BCUT2D eigenvalue weighted by molar-refractivity contribution is -0.152. The van der Waals surface area contributed by atoms with Gasteiger partial charge in [-0.25, -0.2) is 4.98 Å². The molecule has 0 spiro atoms. The summed E-state index contributed by atoms with van der Waals surface area (Å²) < 4.78 is 5.35. The molecule has 0 saturated carbocycles. The van der Waals surface area contributed by atoms with Crippen molar-refractivity contribution in [3.05, 3.63) is 17.3 Å². The zero-order valence-corrected chi connectivity index (χ0v) is 12.4. The average molecular weight is 282 g/mol. The summed E-state index contributed by atoms with van der Waals surface area (Å²) >= 11 is 0. The van der Waals surface area contributed by atoms with Gasteiger partial charge in [0.2, 0.25) is 11.8 Å². The number of carbonyl (C=O) groups is 2. The first-order valence-electron chi connectivity index (χ1n) is 6.77. The lowest BCUT2D eigenvalue weighted by Crippen LogP contribution is -2.36. The van der Waals surface area contributed by atoms with E-state index in [0.29, 0.717) is 18.7 Å². The van der Waals surface area contributed by atoms with E-state index in [4.69, 9.17) is 4.42 Å². The molecule has 0 radical (unpaired) electrons. The molecule has 6 nitrogen and oxygen atoms in total. The highest BCUT2D eigenvalue weighted by Gasteiger charge is 2.37.